The third kappa shape index (κ3) is 3.58. The van der Waals surface area contributed by atoms with E-state index in [0.717, 1.165) is 22.6 Å². The quantitative estimate of drug-likeness (QED) is 0.777. The monoisotopic (exact) mass is 307 g/mol. The number of nitrogens with one attached hydrogen (secondary N) is 1. The topological polar surface area (TPSA) is 67.2 Å². The average molecular weight is 307 g/mol. The molecule has 1 amide bonds. The molecule has 116 valence electrons. The smallest absolute Gasteiger partial charge is 0.221 e. The van der Waals surface area contributed by atoms with Crippen LogP contribution >= 0.6 is 0 Å². The first-order chi connectivity index (χ1) is 11.1. The Morgan fingerprint density at radius 3 is 2.74 bits per heavy atom. The van der Waals surface area contributed by atoms with Crippen LogP contribution in [0.1, 0.15) is 12.5 Å². The van der Waals surface area contributed by atoms with E-state index in [9.17, 15) is 9.90 Å². The Kier molecular flexibility index (Phi) is 4.10. The zero-order valence-corrected chi connectivity index (χ0v) is 12.7. The predicted octanol–water partition coefficient (Wildman–Crippen LogP) is 3.26. The van der Waals surface area contributed by atoms with Crippen molar-refractivity contribution in [2.75, 3.05) is 5.32 Å². The van der Waals surface area contributed by atoms with E-state index in [-0.39, 0.29) is 11.7 Å². The fourth-order valence-electron chi connectivity index (χ4n) is 2.43. The second-order valence-electron chi connectivity index (χ2n) is 5.31. The molecule has 2 aromatic carbocycles. The molecular weight excluding hydrogens is 290 g/mol. The number of aromatic hydroxyl groups is 1. The molecule has 0 bridgehead atoms. The minimum Gasteiger partial charge on any atom is -0.508 e. The highest BCUT2D eigenvalue weighted by molar-refractivity contribution is 5.89. The number of benzene rings is 2. The Labute approximate surface area is 134 Å². The van der Waals surface area contributed by atoms with E-state index in [0.29, 0.717) is 6.54 Å². The number of carbonyl (C=O) groups is 1. The second-order valence-corrected chi connectivity index (χ2v) is 5.31. The molecule has 5 nitrogen and oxygen atoms in total. The molecule has 0 aliphatic carbocycles. The number of rotatable bonds is 4. The van der Waals surface area contributed by atoms with Crippen LogP contribution in [0.15, 0.2) is 60.9 Å². The van der Waals surface area contributed by atoms with Crippen LogP contribution < -0.4 is 5.32 Å². The van der Waals surface area contributed by atoms with Crippen LogP contribution in [0.3, 0.4) is 0 Å². The fraction of sp³-hybridized carbons (Fsp3) is 0.111. The number of anilines is 1. The van der Waals surface area contributed by atoms with Gasteiger partial charge >= 0.3 is 0 Å². The van der Waals surface area contributed by atoms with Crippen LogP contribution in [0.2, 0.25) is 0 Å². The minimum atomic E-state index is -0.102. The second kappa shape index (κ2) is 6.36. The zero-order valence-electron chi connectivity index (χ0n) is 12.7. The molecule has 0 atom stereocenters. The minimum absolute atomic E-state index is 0.102. The average Bonchev–Trinajstić information content (AvgIpc) is 2.97. The highest BCUT2D eigenvalue weighted by atomic mass is 16.3. The van der Waals surface area contributed by atoms with E-state index < -0.39 is 0 Å². The fourth-order valence-corrected chi connectivity index (χ4v) is 2.43. The normalized spacial score (nSPS) is 10.5. The van der Waals surface area contributed by atoms with Crippen LogP contribution in [0.25, 0.3) is 11.4 Å². The number of phenolic OH excluding ortho intramolecular Hbond substituents is 1. The van der Waals surface area contributed by atoms with Gasteiger partial charge in [-0.2, -0.15) is 0 Å². The lowest BCUT2D eigenvalue weighted by Gasteiger charge is -2.10. The molecule has 1 aromatic heterocycles. The Morgan fingerprint density at radius 2 is 2.00 bits per heavy atom. The van der Waals surface area contributed by atoms with Crippen LogP contribution in [0, 0.1) is 0 Å². The zero-order chi connectivity index (χ0) is 16.2. The van der Waals surface area contributed by atoms with Crippen LogP contribution in [0.4, 0.5) is 5.69 Å². The molecule has 2 N–H and O–H groups in total. The third-order valence-electron chi connectivity index (χ3n) is 3.45. The molecule has 23 heavy (non-hydrogen) atoms. The van der Waals surface area contributed by atoms with E-state index in [4.69, 9.17) is 0 Å². The lowest BCUT2D eigenvalue weighted by atomic mass is 10.1. The standard InChI is InChI=1S/C18H17N3O2/c1-13(22)20-16-4-2-3-15(11-16)18-19-9-10-21(18)12-14-5-7-17(23)8-6-14/h2-11,23H,12H2,1H3,(H,20,22). The summed E-state index contributed by atoms with van der Waals surface area (Å²) in [7, 11) is 0. The molecule has 0 spiro atoms. The van der Waals surface area contributed by atoms with Gasteiger partial charge in [0.05, 0.1) is 0 Å². The number of phenols is 1. The Bertz CT molecular complexity index is 822. The number of nitrogens with zero attached hydrogens (tertiary/aromatic N) is 2. The maximum absolute atomic E-state index is 11.2. The van der Waals surface area contributed by atoms with Crippen molar-refractivity contribution in [2.24, 2.45) is 0 Å². The maximum atomic E-state index is 11.2. The van der Waals surface area contributed by atoms with E-state index in [1.54, 1.807) is 18.3 Å². The molecule has 3 rings (SSSR count). The number of amides is 1. The van der Waals surface area contributed by atoms with Crippen molar-refractivity contribution in [1.29, 1.82) is 0 Å². The van der Waals surface area contributed by atoms with E-state index >= 15 is 0 Å². The van der Waals surface area contributed by atoms with Gasteiger partial charge in [0.15, 0.2) is 0 Å². The van der Waals surface area contributed by atoms with Gasteiger partial charge in [0.2, 0.25) is 5.91 Å². The first-order valence-electron chi connectivity index (χ1n) is 7.29. The van der Waals surface area contributed by atoms with E-state index in [2.05, 4.69) is 10.3 Å². The summed E-state index contributed by atoms with van der Waals surface area (Å²) in [6, 6.07) is 14.7. The number of hydrogen-bond acceptors (Lipinski definition) is 3. The van der Waals surface area contributed by atoms with Gasteiger partial charge < -0.3 is 15.0 Å². The lowest BCUT2D eigenvalue weighted by Crippen LogP contribution is -2.06. The molecule has 3 aromatic rings. The summed E-state index contributed by atoms with van der Waals surface area (Å²) in [5, 5.41) is 12.1. The summed E-state index contributed by atoms with van der Waals surface area (Å²) in [6.07, 6.45) is 3.66. The van der Waals surface area contributed by atoms with Crippen molar-refractivity contribution in [3.8, 4) is 17.1 Å². The molecular formula is C18H17N3O2. The Hall–Kier alpha value is -3.08. The van der Waals surface area contributed by atoms with Crippen molar-refractivity contribution >= 4 is 11.6 Å². The van der Waals surface area contributed by atoms with Gasteiger partial charge in [-0.3, -0.25) is 4.79 Å². The van der Waals surface area contributed by atoms with Crippen molar-refractivity contribution in [1.82, 2.24) is 9.55 Å². The first-order valence-corrected chi connectivity index (χ1v) is 7.29. The molecule has 1 heterocycles. The van der Waals surface area contributed by atoms with Gasteiger partial charge in [0.25, 0.3) is 0 Å². The first kappa shape index (κ1) is 14.8. The molecule has 0 unspecified atom stereocenters. The largest absolute Gasteiger partial charge is 0.508 e. The highest BCUT2D eigenvalue weighted by Gasteiger charge is 2.08. The summed E-state index contributed by atoms with van der Waals surface area (Å²) in [5.41, 5.74) is 2.74. The van der Waals surface area contributed by atoms with Gasteiger partial charge in [-0.1, -0.05) is 24.3 Å². The molecule has 0 aliphatic heterocycles. The van der Waals surface area contributed by atoms with Crippen LogP contribution in [-0.4, -0.2) is 20.6 Å². The van der Waals surface area contributed by atoms with Crippen molar-refractivity contribution < 1.29 is 9.90 Å². The molecule has 0 radical (unpaired) electrons. The van der Waals surface area contributed by atoms with E-state index in [1.165, 1.54) is 6.92 Å². The Balaban J connectivity index is 1.88. The van der Waals surface area contributed by atoms with Crippen molar-refractivity contribution in [3.63, 3.8) is 0 Å². The predicted molar refractivity (Wildman–Crippen MR) is 89.2 cm³/mol. The van der Waals surface area contributed by atoms with Gasteiger partial charge in [0, 0.05) is 37.1 Å². The number of imidazole rings is 1. The number of carbonyl (C=O) groups excluding carboxylic acids is 1. The molecule has 0 fully saturated rings. The lowest BCUT2D eigenvalue weighted by molar-refractivity contribution is -0.114. The molecule has 0 saturated carbocycles. The van der Waals surface area contributed by atoms with E-state index in [1.807, 2.05) is 47.2 Å². The third-order valence-corrected chi connectivity index (χ3v) is 3.45. The maximum Gasteiger partial charge on any atom is 0.221 e. The van der Waals surface area contributed by atoms with Crippen LogP contribution in [-0.2, 0) is 11.3 Å². The van der Waals surface area contributed by atoms with Gasteiger partial charge in [-0.25, -0.2) is 4.98 Å². The SMILES string of the molecule is CC(=O)Nc1cccc(-c2nccn2Cc2ccc(O)cc2)c1. The van der Waals surface area contributed by atoms with Crippen LogP contribution in [0.5, 0.6) is 5.75 Å². The summed E-state index contributed by atoms with van der Waals surface area (Å²) >= 11 is 0. The van der Waals surface area contributed by atoms with Crippen molar-refractivity contribution in [3.05, 3.63) is 66.5 Å². The highest BCUT2D eigenvalue weighted by Crippen LogP contribution is 2.22. The summed E-state index contributed by atoms with van der Waals surface area (Å²) < 4.78 is 2.03. The van der Waals surface area contributed by atoms with Crippen molar-refractivity contribution in [2.45, 2.75) is 13.5 Å². The van der Waals surface area contributed by atoms with Gasteiger partial charge in [-0.05, 0) is 29.8 Å². The van der Waals surface area contributed by atoms with Gasteiger partial charge in [-0.15, -0.1) is 0 Å². The summed E-state index contributed by atoms with van der Waals surface area (Å²) in [4.78, 5) is 15.6. The number of hydrogen-bond donors (Lipinski definition) is 2. The van der Waals surface area contributed by atoms with Gasteiger partial charge in [0.1, 0.15) is 11.6 Å². The summed E-state index contributed by atoms with van der Waals surface area (Å²) in [6.45, 7) is 2.14. The number of aromatic nitrogens is 2. The molecule has 5 heteroatoms. The molecule has 0 saturated heterocycles. The molecule has 0 aliphatic rings. The summed E-state index contributed by atoms with van der Waals surface area (Å²) in [5.74, 6) is 0.975. The Morgan fingerprint density at radius 1 is 1.22 bits per heavy atom.